The number of nitrogens with one attached hydrogen (secondary N) is 1. The zero-order valence-corrected chi connectivity index (χ0v) is 10.7. The Morgan fingerprint density at radius 3 is 2.76 bits per heavy atom. The van der Waals surface area contributed by atoms with Gasteiger partial charge in [-0.2, -0.15) is 0 Å². The Labute approximate surface area is 103 Å². The number of rotatable bonds is 4. The summed E-state index contributed by atoms with van der Waals surface area (Å²) in [5.41, 5.74) is 4.52. The molecule has 1 N–H and O–H groups in total. The van der Waals surface area contributed by atoms with E-state index in [2.05, 4.69) is 46.2 Å². The average molecular weight is 229 g/mol. The van der Waals surface area contributed by atoms with E-state index in [-0.39, 0.29) is 0 Å². The highest BCUT2D eigenvalue weighted by molar-refractivity contribution is 5.47. The lowest BCUT2D eigenvalue weighted by atomic mass is 10.2. The minimum atomic E-state index is 0.840. The van der Waals surface area contributed by atoms with Gasteiger partial charge in [0.25, 0.3) is 0 Å². The molecule has 0 spiro atoms. The van der Waals surface area contributed by atoms with Gasteiger partial charge in [-0.3, -0.25) is 4.98 Å². The van der Waals surface area contributed by atoms with Crippen molar-refractivity contribution in [2.24, 2.45) is 0 Å². The first-order valence-corrected chi connectivity index (χ1v) is 6.03. The molecular weight excluding hydrogens is 210 g/mol. The van der Waals surface area contributed by atoms with Crippen LogP contribution in [0, 0.1) is 13.8 Å². The third-order valence-electron chi connectivity index (χ3n) is 2.95. The Balaban J connectivity index is 2.07. The van der Waals surface area contributed by atoms with Gasteiger partial charge in [-0.05, 0) is 45.0 Å². The molecule has 17 heavy (non-hydrogen) atoms. The molecule has 2 aromatic heterocycles. The van der Waals surface area contributed by atoms with Crippen LogP contribution in [0.4, 0.5) is 5.69 Å². The summed E-state index contributed by atoms with van der Waals surface area (Å²) in [4.78, 5) is 4.45. The van der Waals surface area contributed by atoms with Gasteiger partial charge < -0.3 is 9.88 Å². The average Bonchev–Trinajstić information content (AvgIpc) is 2.75. The fourth-order valence-corrected chi connectivity index (χ4v) is 1.98. The molecule has 0 aliphatic heterocycles. The fourth-order valence-electron chi connectivity index (χ4n) is 1.98. The standard InChI is InChI=1S/C14H19N3/c1-4-17-9-5-6-13(17)10-15-14-8-7-11(2)16-12(14)3/h5-9,15H,4,10H2,1-3H3. The summed E-state index contributed by atoms with van der Waals surface area (Å²) >= 11 is 0. The van der Waals surface area contributed by atoms with Gasteiger partial charge in [0.2, 0.25) is 0 Å². The highest BCUT2D eigenvalue weighted by Gasteiger charge is 2.02. The van der Waals surface area contributed by atoms with Crippen molar-refractivity contribution in [3.63, 3.8) is 0 Å². The lowest BCUT2D eigenvalue weighted by Gasteiger charge is -2.11. The maximum Gasteiger partial charge on any atom is 0.0607 e. The molecule has 0 saturated heterocycles. The van der Waals surface area contributed by atoms with Gasteiger partial charge in [-0.15, -0.1) is 0 Å². The highest BCUT2D eigenvalue weighted by atomic mass is 15.0. The summed E-state index contributed by atoms with van der Waals surface area (Å²) in [6.45, 7) is 8.05. The Morgan fingerprint density at radius 2 is 2.06 bits per heavy atom. The lowest BCUT2D eigenvalue weighted by Crippen LogP contribution is -2.07. The monoisotopic (exact) mass is 229 g/mol. The second-order valence-corrected chi connectivity index (χ2v) is 4.22. The zero-order chi connectivity index (χ0) is 12.3. The third kappa shape index (κ3) is 2.67. The molecule has 0 bridgehead atoms. The Hall–Kier alpha value is -1.77. The van der Waals surface area contributed by atoms with E-state index in [0.29, 0.717) is 0 Å². The van der Waals surface area contributed by atoms with Crippen LogP contribution in [0.2, 0.25) is 0 Å². The SMILES string of the molecule is CCn1cccc1CNc1ccc(C)nc1C. The van der Waals surface area contributed by atoms with Crippen molar-refractivity contribution in [3.8, 4) is 0 Å². The van der Waals surface area contributed by atoms with Gasteiger partial charge in [0.1, 0.15) is 0 Å². The van der Waals surface area contributed by atoms with Gasteiger partial charge in [-0.1, -0.05) is 0 Å². The summed E-state index contributed by atoms with van der Waals surface area (Å²) in [5, 5.41) is 3.43. The van der Waals surface area contributed by atoms with E-state index in [1.807, 2.05) is 19.9 Å². The van der Waals surface area contributed by atoms with Crippen LogP contribution in [0.1, 0.15) is 24.0 Å². The first kappa shape index (κ1) is 11.7. The minimum Gasteiger partial charge on any atom is -0.378 e. The van der Waals surface area contributed by atoms with Crippen molar-refractivity contribution < 1.29 is 0 Å². The van der Waals surface area contributed by atoms with Crippen molar-refractivity contribution in [1.82, 2.24) is 9.55 Å². The Bertz CT molecular complexity index is 500. The van der Waals surface area contributed by atoms with E-state index >= 15 is 0 Å². The van der Waals surface area contributed by atoms with Crippen molar-refractivity contribution >= 4 is 5.69 Å². The molecule has 2 rings (SSSR count). The van der Waals surface area contributed by atoms with Crippen LogP contribution >= 0.6 is 0 Å². The Morgan fingerprint density at radius 1 is 1.24 bits per heavy atom. The highest BCUT2D eigenvalue weighted by Crippen LogP contribution is 2.14. The molecule has 0 aliphatic carbocycles. The fraction of sp³-hybridized carbons (Fsp3) is 0.357. The second kappa shape index (κ2) is 5.04. The van der Waals surface area contributed by atoms with Crippen molar-refractivity contribution in [2.45, 2.75) is 33.9 Å². The number of anilines is 1. The summed E-state index contributed by atoms with van der Waals surface area (Å²) in [7, 11) is 0. The molecule has 0 aliphatic rings. The molecule has 3 nitrogen and oxygen atoms in total. The molecule has 2 heterocycles. The Kier molecular flexibility index (Phi) is 3.47. The molecule has 0 atom stereocenters. The summed E-state index contributed by atoms with van der Waals surface area (Å²) < 4.78 is 2.24. The van der Waals surface area contributed by atoms with Gasteiger partial charge in [0.05, 0.1) is 17.9 Å². The maximum absolute atomic E-state index is 4.45. The molecule has 90 valence electrons. The molecular formula is C14H19N3. The first-order chi connectivity index (χ1) is 8.20. The molecule has 0 radical (unpaired) electrons. The van der Waals surface area contributed by atoms with Crippen LogP contribution in [-0.2, 0) is 13.1 Å². The van der Waals surface area contributed by atoms with Crippen LogP contribution in [0.25, 0.3) is 0 Å². The quantitative estimate of drug-likeness (QED) is 0.873. The molecule has 0 fully saturated rings. The van der Waals surface area contributed by atoms with Crippen molar-refractivity contribution in [2.75, 3.05) is 5.32 Å². The topological polar surface area (TPSA) is 29.9 Å². The van der Waals surface area contributed by atoms with Gasteiger partial charge >= 0.3 is 0 Å². The van der Waals surface area contributed by atoms with Crippen molar-refractivity contribution in [3.05, 3.63) is 47.5 Å². The number of hydrogen-bond donors (Lipinski definition) is 1. The van der Waals surface area contributed by atoms with Crippen LogP contribution in [0.15, 0.2) is 30.5 Å². The van der Waals surface area contributed by atoms with Crippen LogP contribution in [0.3, 0.4) is 0 Å². The minimum absolute atomic E-state index is 0.840. The molecule has 2 aromatic rings. The third-order valence-corrected chi connectivity index (χ3v) is 2.95. The summed E-state index contributed by atoms with van der Waals surface area (Å²) in [6, 6.07) is 8.36. The largest absolute Gasteiger partial charge is 0.378 e. The predicted molar refractivity (Wildman–Crippen MR) is 71.1 cm³/mol. The zero-order valence-electron chi connectivity index (χ0n) is 10.7. The first-order valence-electron chi connectivity index (χ1n) is 6.03. The van der Waals surface area contributed by atoms with E-state index < -0.39 is 0 Å². The van der Waals surface area contributed by atoms with E-state index in [0.717, 1.165) is 30.2 Å². The van der Waals surface area contributed by atoms with Crippen LogP contribution in [-0.4, -0.2) is 9.55 Å². The lowest BCUT2D eigenvalue weighted by molar-refractivity contribution is 0.723. The predicted octanol–water partition coefficient (Wildman–Crippen LogP) is 3.13. The molecule has 0 unspecified atom stereocenters. The molecule has 0 amide bonds. The normalized spacial score (nSPS) is 10.5. The number of nitrogens with zero attached hydrogens (tertiary/aromatic N) is 2. The van der Waals surface area contributed by atoms with Crippen LogP contribution in [0.5, 0.6) is 0 Å². The number of aromatic nitrogens is 2. The van der Waals surface area contributed by atoms with Crippen molar-refractivity contribution in [1.29, 1.82) is 0 Å². The molecule has 3 heteroatoms. The van der Waals surface area contributed by atoms with E-state index in [4.69, 9.17) is 0 Å². The van der Waals surface area contributed by atoms with E-state index in [1.165, 1.54) is 5.69 Å². The summed E-state index contributed by atoms with van der Waals surface area (Å²) in [5.74, 6) is 0. The number of aryl methyl sites for hydroxylation is 3. The van der Waals surface area contributed by atoms with Gasteiger partial charge in [-0.25, -0.2) is 0 Å². The number of pyridine rings is 1. The molecule has 0 aromatic carbocycles. The van der Waals surface area contributed by atoms with E-state index in [9.17, 15) is 0 Å². The van der Waals surface area contributed by atoms with Gasteiger partial charge in [0.15, 0.2) is 0 Å². The maximum atomic E-state index is 4.45. The molecule has 0 saturated carbocycles. The smallest absolute Gasteiger partial charge is 0.0607 e. The van der Waals surface area contributed by atoms with E-state index in [1.54, 1.807) is 0 Å². The number of hydrogen-bond acceptors (Lipinski definition) is 2. The van der Waals surface area contributed by atoms with Gasteiger partial charge in [0, 0.05) is 24.1 Å². The summed E-state index contributed by atoms with van der Waals surface area (Å²) in [6.07, 6.45) is 2.11. The van der Waals surface area contributed by atoms with Crippen LogP contribution < -0.4 is 5.32 Å². The second-order valence-electron chi connectivity index (χ2n) is 4.22.